The third kappa shape index (κ3) is 5.64. The van der Waals surface area contributed by atoms with Crippen molar-refractivity contribution in [3.05, 3.63) is 82.2 Å². The number of benzene rings is 3. The minimum absolute atomic E-state index is 0.143. The number of carbonyl (C=O) groups is 1. The minimum atomic E-state index is -0.143. The van der Waals surface area contributed by atoms with Gasteiger partial charge in [-0.05, 0) is 49.8 Å². The fourth-order valence-corrected chi connectivity index (χ4v) is 5.91. The highest BCUT2D eigenvalue weighted by molar-refractivity contribution is 7.21. The molecule has 38 heavy (non-hydrogen) atoms. The van der Waals surface area contributed by atoms with E-state index in [0.717, 1.165) is 40.2 Å². The van der Waals surface area contributed by atoms with Crippen molar-refractivity contribution in [3.8, 4) is 11.5 Å². The van der Waals surface area contributed by atoms with Crippen molar-refractivity contribution >= 4 is 38.7 Å². The van der Waals surface area contributed by atoms with Crippen molar-refractivity contribution in [3.63, 3.8) is 0 Å². The molecule has 5 rings (SSSR count). The van der Waals surface area contributed by atoms with Crippen LogP contribution >= 0.6 is 11.3 Å². The van der Waals surface area contributed by atoms with E-state index in [1.54, 1.807) is 0 Å². The van der Waals surface area contributed by atoms with Crippen LogP contribution in [-0.2, 0) is 11.2 Å². The third-order valence-corrected chi connectivity index (χ3v) is 7.88. The Hall–Kier alpha value is -3.55. The van der Waals surface area contributed by atoms with Gasteiger partial charge in [0.05, 0.1) is 42.7 Å². The van der Waals surface area contributed by atoms with Crippen molar-refractivity contribution < 1.29 is 19.0 Å². The number of morpholine rings is 1. The van der Waals surface area contributed by atoms with Gasteiger partial charge in [0.1, 0.15) is 11.5 Å². The minimum Gasteiger partial charge on any atom is -0.492 e. The number of nitrogens with one attached hydrogen (secondary N) is 1. The van der Waals surface area contributed by atoms with Crippen LogP contribution in [0.2, 0.25) is 0 Å². The molecule has 198 valence electrons. The van der Waals surface area contributed by atoms with E-state index in [9.17, 15) is 4.79 Å². The summed E-state index contributed by atoms with van der Waals surface area (Å²) in [4.78, 5) is 16.8. The zero-order valence-electron chi connectivity index (χ0n) is 22.2. The van der Waals surface area contributed by atoms with E-state index < -0.39 is 0 Å². The van der Waals surface area contributed by atoms with Crippen molar-refractivity contribution in [2.45, 2.75) is 27.2 Å². The molecular weight excluding hydrogens is 496 g/mol. The molecule has 0 spiro atoms. The number of ether oxygens (including phenoxy) is 3. The fraction of sp³-hybridized carbons (Fsp3) is 0.323. The second-order valence-electron chi connectivity index (χ2n) is 9.30. The van der Waals surface area contributed by atoms with Crippen LogP contribution in [0.1, 0.15) is 40.2 Å². The predicted molar refractivity (Wildman–Crippen MR) is 156 cm³/mol. The number of fused-ring (bicyclic) bond motifs is 1. The molecule has 0 bridgehead atoms. The molecule has 1 amide bonds. The first-order valence-corrected chi connectivity index (χ1v) is 14.0. The summed E-state index contributed by atoms with van der Waals surface area (Å²) < 4.78 is 18.7. The van der Waals surface area contributed by atoms with Gasteiger partial charge < -0.3 is 24.4 Å². The zero-order chi connectivity index (χ0) is 26.5. The Labute approximate surface area is 228 Å². The van der Waals surface area contributed by atoms with E-state index >= 15 is 0 Å². The molecule has 0 radical (unpaired) electrons. The molecule has 3 aromatic carbocycles. The number of hydrogen-bond donors (Lipinski definition) is 1. The number of carbonyl (C=O) groups excluding carboxylic acids is 1. The molecule has 1 aliphatic rings. The first kappa shape index (κ1) is 26.1. The predicted octanol–water partition coefficient (Wildman–Crippen LogP) is 6.69. The maximum absolute atomic E-state index is 13.8. The second kappa shape index (κ2) is 11.9. The Bertz CT molecular complexity index is 1410. The molecule has 4 aromatic rings. The van der Waals surface area contributed by atoms with Gasteiger partial charge in [0.2, 0.25) is 0 Å². The number of aryl methyl sites for hydroxylation is 1. The lowest BCUT2D eigenvalue weighted by atomic mass is 10.0. The number of amides is 1. The lowest BCUT2D eigenvalue weighted by molar-refractivity contribution is 0.102. The van der Waals surface area contributed by atoms with Crippen LogP contribution in [-0.4, -0.2) is 45.4 Å². The van der Waals surface area contributed by atoms with Crippen LogP contribution in [0.15, 0.2) is 60.7 Å². The summed E-state index contributed by atoms with van der Waals surface area (Å²) in [6.45, 7) is 9.90. The molecule has 7 heteroatoms. The smallest absolute Gasteiger partial charge is 0.266 e. The summed E-state index contributed by atoms with van der Waals surface area (Å²) in [6, 6.07) is 20.6. The van der Waals surface area contributed by atoms with Crippen molar-refractivity contribution in [1.82, 2.24) is 0 Å². The highest BCUT2D eigenvalue weighted by atomic mass is 32.1. The summed E-state index contributed by atoms with van der Waals surface area (Å²) in [5.41, 5.74) is 5.00. The molecule has 6 nitrogen and oxygen atoms in total. The SMILES string of the molecule is CCOc1cc(N2CCOCC2)c(OCC)cc1NC(=O)c1sc2ccccc2c1Cc1ccc(C)cc1. The van der Waals surface area contributed by atoms with Crippen molar-refractivity contribution in [1.29, 1.82) is 0 Å². The Morgan fingerprint density at radius 1 is 0.974 bits per heavy atom. The average molecular weight is 531 g/mol. The number of rotatable bonds is 9. The second-order valence-corrected chi connectivity index (χ2v) is 10.4. The van der Waals surface area contributed by atoms with Gasteiger partial charge in [0.15, 0.2) is 0 Å². The number of thiophene rings is 1. The average Bonchev–Trinajstić information content (AvgIpc) is 3.30. The lowest BCUT2D eigenvalue weighted by Crippen LogP contribution is -2.36. The van der Waals surface area contributed by atoms with E-state index in [4.69, 9.17) is 14.2 Å². The normalized spacial score (nSPS) is 13.5. The molecule has 0 unspecified atom stereocenters. The van der Waals surface area contributed by atoms with Gasteiger partial charge in [-0.15, -0.1) is 11.3 Å². The summed E-state index contributed by atoms with van der Waals surface area (Å²) >= 11 is 1.53. The van der Waals surface area contributed by atoms with Gasteiger partial charge >= 0.3 is 0 Å². The number of nitrogens with zero attached hydrogens (tertiary/aromatic N) is 1. The molecule has 1 aromatic heterocycles. The molecular formula is C31H34N2O4S. The lowest BCUT2D eigenvalue weighted by Gasteiger charge is -2.31. The van der Waals surface area contributed by atoms with E-state index in [0.29, 0.717) is 49.2 Å². The Morgan fingerprint density at radius 2 is 1.68 bits per heavy atom. The van der Waals surface area contributed by atoms with Crippen LogP contribution in [0.4, 0.5) is 11.4 Å². The topological polar surface area (TPSA) is 60.0 Å². The maximum atomic E-state index is 13.8. The van der Waals surface area contributed by atoms with Crippen LogP contribution in [0.3, 0.4) is 0 Å². The quantitative estimate of drug-likeness (QED) is 0.261. The van der Waals surface area contributed by atoms with Gasteiger partial charge in [0.25, 0.3) is 5.91 Å². The van der Waals surface area contributed by atoms with E-state index in [1.807, 2.05) is 38.1 Å². The van der Waals surface area contributed by atoms with Gasteiger partial charge in [-0.3, -0.25) is 4.79 Å². The van der Waals surface area contributed by atoms with Crippen molar-refractivity contribution in [2.24, 2.45) is 0 Å². The molecule has 0 aliphatic carbocycles. The molecule has 1 N–H and O–H groups in total. The molecule has 1 saturated heterocycles. The first-order valence-electron chi connectivity index (χ1n) is 13.2. The van der Waals surface area contributed by atoms with Gasteiger partial charge in [-0.25, -0.2) is 0 Å². The Balaban J connectivity index is 1.51. The summed E-state index contributed by atoms with van der Waals surface area (Å²) in [6.07, 6.45) is 0.686. The third-order valence-electron chi connectivity index (χ3n) is 6.67. The molecule has 0 atom stereocenters. The Morgan fingerprint density at radius 3 is 2.42 bits per heavy atom. The monoisotopic (exact) mass is 530 g/mol. The molecule has 1 fully saturated rings. The van der Waals surface area contributed by atoms with Crippen molar-refractivity contribution in [2.75, 3.05) is 49.7 Å². The summed E-state index contributed by atoms with van der Waals surface area (Å²) in [5, 5.41) is 4.28. The van der Waals surface area contributed by atoms with Crippen LogP contribution in [0.5, 0.6) is 11.5 Å². The molecule has 0 saturated carbocycles. The summed E-state index contributed by atoms with van der Waals surface area (Å²) in [7, 11) is 0. The highest BCUT2D eigenvalue weighted by Crippen LogP contribution is 2.40. The van der Waals surface area contributed by atoms with Crippen LogP contribution in [0, 0.1) is 6.92 Å². The number of anilines is 2. The highest BCUT2D eigenvalue weighted by Gasteiger charge is 2.23. The Kier molecular flexibility index (Phi) is 8.15. The standard InChI is InChI=1S/C31H34N2O4S/c1-4-36-27-20-26(33-14-16-35-17-15-33)28(37-5-2)19-25(27)32-31(34)30-24(18-22-12-10-21(3)11-13-22)23-8-6-7-9-29(23)38-30/h6-13,19-20H,4-5,14-18H2,1-3H3,(H,32,34). The van der Waals surface area contributed by atoms with Gasteiger partial charge in [-0.1, -0.05) is 48.0 Å². The maximum Gasteiger partial charge on any atom is 0.266 e. The zero-order valence-corrected chi connectivity index (χ0v) is 23.0. The first-order chi connectivity index (χ1) is 18.6. The fourth-order valence-electron chi connectivity index (χ4n) is 4.79. The van der Waals surface area contributed by atoms with E-state index in [-0.39, 0.29) is 5.91 Å². The van der Waals surface area contributed by atoms with Crippen LogP contribution < -0.4 is 19.7 Å². The molecule has 2 heterocycles. The van der Waals surface area contributed by atoms with Crippen LogP contribution in [0.25, 0.3) is 10.1 Å². The van der Waals surface area contributed by atoms with Gasteiger partial charge in [-0.2, -0.15) is 0 Å². The molecule has 1 aliphatic heterocycles. The largest absolute Gasteiger partial charge is 0.492 e. The van der Waals surface area contributed by atoms with E-state index in [1.165, 1.54) is 22.5 Å². The van der Waals surface area contributed by atoms with E-state index in [2.05, 4.69) is 53.5 Å². The number of hydrogen-bond acceptors (Lipinski definition) is 6. The summed E-state index contributed by atoms with van der Waals surface area (Å²) in [5.74, 6) is 1.21. The van der Waals surface area contributed by atoms with Gasteiger partial charge in [0, 0.05) is 29.9 Å².